The van der Waals surface area contributed by atoms with Gasteiger partial charge in [0.2, 0.25) is 5.89 Å². The Morgan fingerprint density at radius 2 is 2.00 bits per heavy atom. The van der Waals surface area contributed by atoms with E-state index in [4.69, 9.17) is 4.52 Å². The summed E-state index contributed by atoms with van der Waals surface area (Å²) in [6.07, 6.45) is 0.551. The summed E-state index contributed by atoms with van der Waals surface area (Å²) in [6.45, 7) is 4.48. The molecule has 0 radical (unpaired) electrons. The Labute approximate surface area is 180 Å². The highest BCUT2D eigenvalue weighted by Crippen LogP contribution is 2.20. The number of rotatable bonds is 9. The van der Waals surface area contributed by atoms with Gasteiger partial charge in [-0.1, -0.05) is 37.2 Å². The van der Waals surface area contributed by atoms with E-state index < -0.39 is 6.61 Å². The quantitative estimate of drug-likeness (QED) is 0.305. The van der Waals surface area contributed by atoms with Gasteiger partial charge in [-0.25, -0.2) is 4.99 Å². The van der Waals surface area contributed by atoms with E-state index in [-0.39, 0.29) is 42.2 Å². The zero-order chi connectivity index (χ0) is 19.6. The number of alkyl halides is 2. The van der Waals surface area contributed by atoms with Crippen molar-refractivity contribution in [1.82, 2.24) is 20.8 Å². The largest absolute Gasteiger partial charge is 0.434 e. The molecule has 1 aromatic heterocycles. The number of para-hydroxylation sites is 1. The van der Waals surface area contributed by atoms with Gasteiger partial charge in [0.05, 0.1) is 6.54 Å². The van der Waals surface area contributed by atoms with E-state index in [0.717, 1.165) is 0 Å². The van der Waals surface area contributed by atoms with Crippen LogP contribution in [0.5, 0.6) is 5.75 Å². The molecule has 0 aliphatic heterocycles. The SMILES string of the molecule is CCNC(=NCc1ccccc1OC(F)F)NCCc1nc(C(C)C)no1.I. The molecule has 0 unspecified atom stereocenters. The van der Waals surface area contributed by atoms with Crippen LogP contribution in [0.3, 0.4) is 0 Å². The molecule has 0 amide bonds. The minimum atomic E-state index is -2.87. The molecule has 0 aliphatic carbocycles. The van der Waals surface area contributed by atoms with Gasteiger partial charge in [-0.2, -0.15) is 13.8 Å². The summed E-state index contributed by atoms with van der Waals surface area (Å²) in [5, 5.41) is 10.2. The van der Waals surface area contributed by atoms with E-state index >= 15 is 0 Å². The molecule has 0 spiro atoms. The van der Waals surface area contributed by atoms with Crippen molar-refractivity contribution >= 4 is 29.9 Å². The summed E-state index contributed by atoms with van der Waals surface area (Å²) in [5.74, 6) is 2.14. The molecular weight excluding hydrogens is 483 g/mol. The Morgan fingerprint density at radius 3 is 2.64 bits per heavy atom. The maximum absolute atomic E-state index is 12.5. The molecule has 7 nitrogen and oxygen atoms in total. The molecular formula is C18H26F2IN5O2. The molecule has 0 saturated heterocycles. The van der Waals surface area contributed by atoms with Gasteiger partial charge in [0, 0.05) is 31.0 Å². The predicted octanol–water partition coefficient (Wildman–Crippen LogP) is 3.71. The number of nitrogens with zero attached hydrogens (tertiary/aromatic N) is 3. The number of aliphatic imine (C=N–C) groups is 1. The standard InChI is InChI=1S/C18H25F2N5O2.HI/c1-4-21-18(22-10-9-15-24-16(12(2)3)25-27-15)23-11-13-7-5-6-8-14(13)26-17(19)20;/h5-8,12,17H,4,9-11H2,1-3H3,(H2,21,22,23);1H. The van der Waals surface area contributed by atoms with Crippen molar-refractivity contribution in [3.05, 3.63) is 41.5 Å². The van der Waals surface area contributed by atoms with Gasteiger partial charge in [0.25, 0.3) is 0 Å². The van der Waals surface area contributed by atoms with Crippen LogP contribution in [0.4, 0.5) is 8.78 Å². The van der Waals surface area contributed by atoms with Crippen LogP contribution >= 0.6 is 24.0 Å². The molecule has 28 heavy (non-hydrogen) atoms. The van der Waals surface area contributed by atoms with E-state index in [9.17, 15) is 8.78 Å². The van der Waals surface area contributed by atoms with E-state index in [1.54, 1.807) is 18.2 Å². The van der Waals surface area contributed by atoms with Crippen LogP contribution in [0.25, 0.3) is 0 Å². The van der Waals surface area contributed by atoms with Crippen LogP contribution in [-0.2, 0) is 13.0 Å². The first-order valence-electron chi connectivity index (χ1n) is 8.87. The number of ether oxygens (including phenoxy) is 1. The summed E-state index contributed by atoms with van der Waals surface area (Å²) in [6, 6.07) is 6.60. The lowest BCUT2D eigenvalue weighted by Crippen LogP contribution is -2.38. The summed E-state index contributed by atoms with van der Waals surface area (Å²) in [5.41, 5.74) is 0.577. The summed E-state index contributed by atoms with van der Waals surface area (Å²) < 4.78 is 34.7. The molecule has 1 aromatic carbocycles. The molecule has 2 aromatic rings. The zero-order valence-electron chi connectivity index (χ0n) is 16.1. The van der Waals surface area contributed by atoms with Crippen molar-refractivity contribution < 1.29 is 18.0 Å². The number of hydrogen-bond acceptors (Lipinski definition) is 5. The molecule has 2 rings (SSSR count). The predicted molar refractivity (Wildman–Crippen MR) is 113 cm³/mol. The molecule has 10 heteroatoms. The average molecular weight is 509 g/mol. The van der Waals surface area contributed by atoms with Crippen molar-refractivity contribution in [3.63, 3.8) is 0 Å². The topological polar surface area (TPSA) is 84.6 Å². The number of halogens is 3. The first kappa shape index (κ1) is 24.1. The first-order valence-corrected chi connectivity index (χ1v) is 8.87. The first-order chi connectivity index (χ1) is 13.0. The van der Waals surface area contributed by atoms with Crippen LogP contribution in [0, 0.1) is 0 Å². The fourth-order valence-electron chi connectivity index (χ4n) is 2.24. The fraction of sp³-hybridized carbons (Fsp3) is 0.500. The Hall–Kier alpha value is -1.98. The maximum atomic E-state index is 12.5. The Balaban J connectivity index is 0.00000392. The molecule has 2 N–H and O–H groups in total. The monoisotopic (exact) mass is 509 g/mol. The van der Waals surface area contributed by atoms with Crippen molar-refractivity contribution in [2.45, 2.75) is 46.3 Å². The third kappa shape index (κ3) is 7.95. The lowest BCUT2D eigenvalue weighted by molar-refractivity contribution is -0.0504. The van der Waals surface area contributed by atoms with Crippen LogP contribution in [0.1, 0.15) is 44.0 Å². The number of guanidine groups is 1. The van der Waals surface area contributed by atoms with Crippen molar-refractivity contribution in [3.8, 4) is 5.75 Å². The third-order valence-corrected chi connectivity index (χ3v) is 3.57. The summed E-state index contributed by atoms with van der Waals surface area (Å²) >= 11 is 0. The Bertz CT molecular complexity index is 740. The van der Waals surface area contributed by atoms with Gasteiger partial charge >= 0.3 is 6.61 Å². The normalized spacial score (nSPS) is 11.5. The van der Waals surface area contributed by atoms with Crippen molar-refractivity contribution in [1.29, 1.82) is 0 Å². The van der Waals surface area contributed by atoms with Crippen LogP contribution in [0.15, 0.2) is 33.8 Å². The zero-order valence-corrected chi connectivity index (χ0v) is 18.4. The third-order valence-electron chi connectivity index (χ3n) is 3.57. The smallest absolute Gasteiger partial charge is 0.387 e. The van der Waals surface area contributed by atoms with Gasteiger partial charge in [-0.15, -0.1) is 24.0 Å². The van der Waals surface area contributed by atoms with Gasteiger partial charge in [0.1, 0.15) is 5.75 Å². The summed E-state index contributed by atoms with van der Waals surface area (Å²) in [4.78, 5) is 8.74. The minimum Gasteiger partial charge on any atom is -0.434 e. The summed E-state index contributed by atoms with van der Waals surface area (Å²) in [7, 11) is 0. The van der Waals surface area contributed by atoms with Crippen LogP contribution < -0.4 is 15.4 Å². The molecule has 0 saturated carbocycles. The average Bonchev–Trinajstić information content (AvgIpc) is 3.09. The molecule has 0 fully saturated rings. The lowest BCUT2D eigenvalue weighted by Gasteiger charge is -2.12. The van der Waals surface area contributed by atoms with Crippen molar-refractivity contribution in [2.24, 2.45) is 4.99 Å². The van der Waals surface area contributed by atoms with Gasteiger partial charge in [-0.05, 0) is 13.0 Å². The number of nitrogens with one attached hydrogen (secondary N) is 2. The highest BCUT2D eigenvalue weighted by molar-refractivity contribution is 14.0. The van der Waals surface area contributed by atoms with Gasteiger partial charge < -0.3 is 19.9 Å². The van der Waals surface area contributed by atoms with Crippen molar-refractivity contribution in [2.75, 3.05) is 13.1 Å². The van der Waals surface area contributed by atoms with Gasteiger partial charge in [0.15, 0.2) is 11.8 Å². The Kier molecular flexibility index (Phi) is 10.7. The van der Waals surface area contributed by atoms with Crippen LogP contribution in [0.2, 0.25) is 0 Å². The lowest BCUT2D eigenvalue weighted by atomic mass is 10.2. The van der Waals surface area contributed by atoms with E-state index in [1.165, 1.54) is 6.07 Å². The molecule has 1 heterocycles. The number of aromatic nitrogens is 2. The minimum absolute atomic E-state index is 0. The van der Waals surface area contributed by atoms with E-state index in [0.29, 0.717) is 42.7 Å². The second-order valence-electron chi connectivity index (χ2n) is 6.06. The molecule has 0 bridgehead atoms. The number of benzene rings is 1. The highest BCUT2D eigenvalue weighted by atomic mass is 127. The second kappa shape index (κ2) is 12.5. The molecule has 0 aliphatic rings. The molecule has 0 atom stereocenters. The van der Waals surface area contributed by atoms with Crippen LogP contribution in [-0.4, -0.2) is 35.8 Å². The second-order valence-corrected chi connectivity index (χ2v) is 6.06. The van der Waals surface area contributed by atoms with Gasteiger partial charge in [-0.3, -0.25) is 0 Å². The van der Waals surface area contributed by atoms with E-state index in [1.807, 2.05) is 20.8 Å². The Morgan fingerprint density at radius 1 is 1.25 bits per heavy atom. The molecule has 156 valence electrons. The maximum Gasteiger partial charge on any atom is 0.387 e. The van der Waals surface area contributed by atoms with E-state index in [2.05, 4.69) is 30.5 Å². The highest BCUT2D eigenvalue weighted by Gasteiger charge is 2.10. The number of hydrogen-bond donors (Lipinski definition) is 2. The fourth-order valence-corrected chi connectivity index (χ4v) is 2.24.